The van der Waals surface area contributed by atoms with Crippen LogP contribution in [0.2, 0.25) is 0 Å². The number of hydrogen-bond acceptors (Lipinski definition) is 5. The van der Waals surface area contributed by atoms with Gasteiger partial charge in [-0.15, -0.1) is 0 Å². The summed E-state index contributed by atoms with van der Waals surface area (Å²) in [6.45, 7) is 0. The Labute approximate surface area is 75.0 Å². The van der Waals surface area contributed by atoms with E-state index in [2.05, 4.69) is 8.65 Å². The fourth-order valence-corrected chi connectivity index (χ4v) is 0.863. The number of aromatic hydroxyl groups is 1. The van der Waals surface area contributed by atoms with Gasteiger partial charge in [-0.05, 0) is 0 Å². The van der Waals surface area contributed by atoms with E-state index >= 15 is 0 Å². The van der Waals surface area contributed by atoms with Gasteiger partial charge < -0.3 is 0 Å². The van der Waals surface area contributed by atoms with Gasteiger partial charge in [-0.2, -0.15) is 0 Å². The summed E-state index contributed by atoms with van der Waals surface area (Å²) in [4.78, 5) is 14.4. The van der Waals surface area contributed by atoms with Gasteiger partial charge in [-0.1, -0.05) is 0 Å². The Morgan fingerprint density at radius 1 is 1.67 bits per heavy atom. The third-order valence-corrected chi connectivity index (χ3v) is 1.45. The molecule has 0 spiro atoms. The van der Waals surface area contributed by atoms with E-state index < -0.39 is 22.6 Å². The van der Waals surface area contributed by atoms with Crippen LogP contribution in [-0.4, -0.2) is 16.1 Å². The zero-order valence-electron chi connectivity index (χ0n) is 5.80. The molecule has 12 heavy (non-hydrogen) atoms. The van der Waals surface area contributed by atoms with Gasteiger partial charge >= 0.3 is 74.6 Å². The number of hydrogen-bond donors (Lipinski definition) is 1. The summed E-state index contributed by atoms with van der Waals surface area (Å²) in [5, 5.41) is 8.91. The molecule has 5 nitrogen and oxygen atoms in total. The van der Waals surface area contributed by atoms with E-state index in [-0.39, 0.29) is 11.4 Å². The molecule has 0 bridgehead atoms. The summed E-state index contributed by atoms with van der Waals surface area (Å²) >= 11 is -1.67. The second-order valence-electron chi connectivity index (χ2n) is 1.85. The van der Waals surface area contributed by atoms with Crippen LogP contribution in [0.5, 0.6) is 5.75 Å². The molecule has 0 aliphatic rings. The summed E-state index contributed by atoms with van der Waals surface area (Å²) in [6, 6.07) is 2.46. The van der Waals surface area contributed by atoms with Crippen LogP contribution in [-0.2, 0) is 23.9 Å². The van der Waals surface area contributed by atoms with Crippen LogP contribution in [0.1, 0.15) is 10.5 Å². The van der Waals surface area contributed by atoms with E-state index in [1.54, 1.807) is 0 Å². The first-order chi connectivity index (χ1) is 5.74. The average molecular weight is 205 g/mol. The number of rotatable bonds is 2. The Kier molecular flexibility index (Phi) is 2.96. The molecule has 0 unspecified atom stereocenters. The Morgan fingerprint density at radius 3 is 3.00 bits per heavy atom. The molecule has 1 aromatic heterocycles. The molecule has 1 rings (SSSR count). The predicted octanol–water partition coefficient (Wildman–Crippen LogP) is 0.287. The molecule has 0 aliphatic carbocycles. The molecule has 1 N–H and O–H groups in total. The molecule has 1 aromatic rings. The fraction of sp³-hybridized carbons (Fsp3) is 0. The molecule has 0 amide bonds. The van der Waals surface area contributed by atoms with E-state index in [9.17, 15) is 8.47 Å². The van der Waals surface area contributed by atoms with Gasteiger partial charge in [0.1, 0.15) is 0 Å². The first-order valence-electron chi connectivity index (χ1n) is 2.93. The van der Waals surface area contributed by atoms with Crippen molar-refractivity contribution in [2.75, 3.05) is 0 Å². The van der Waals surface area contributed by atoms with Crippen LogP contribution in [0, 0.1) is 0 Å². The molecule has 0 saturated heterocycles. The van der Waals surface area contributed by atoms with Crippen molar-refractivity contribution in [3.05, 3.63) is 24.0 Å². The first-order valence-corrected chi connectivity index (χ1v) is 4.07. The van der Waals surface area contributed by atoms with Crippen LogP contribution >= 0.6 is 0 Å². The summed E-state index contributed by atoms with van der Waals surface area (Å²) in [5.41, 5.74) is -0.0545. The molecule has 6 heteroatoms. The second kappa shape index (κ2) is 3.99. The Balaban J connectivity index is 2.87. The van der Waals surface area contributed by atoms with Gasteiger partial charge in [-0.25, -0.2) is 0 Å². The minimum atomic E-state index is -1.67. The molecule has 62 valence electrons. The molecule has 0 aliphatic heterocycles. The number of nitrogens with zero attached hydrogens (tertiary/aromatic N) is 1. The van der Waals surface area contributed by atoms with Crippen LogP contribution in [0.4, 0.5) is 0 Å². The average Bonchev–Trinajstić information content (AvgIpc) is 2.05. The van der Waals surface area contributed by atoms with Gasteiger partial charge in [0.2, 0.25) is 0 Å². The maximum atomic E-state index is 10.8. The van der Waals surface area contributed by atoms with Crippen molar-refractivity contribution in [2.24, 2.45) is 0 Å². The third-order valence-electron chi connectivity index (χ3n) is 1.07. The third kappa shape index (κ3) is 2.15. The second-order valence-corrected chi connectivity index (χ2v) is 2.37. The van der Waals surface area contributed by atoms with E-state index in [0.717, 1.165) is 6.07 Å². The predicted molar refractivity (Wildman–Crippen MR) is 32.0 cm³/mol. The van der Waals surface area contributed by atoms with E-state index in [4.69, 9.17) is 5.11 Å². The van der Waals surface area contributed by atoms with Crippen molar-refractivity contribution in [3.8, 4) is 5.75 Å². The molecule has 0 fully saturated rings. The number of pyridine rings is 1. The molecular formula is C6H4NO4V. The normalized spacial score (nSPS) is 9.00. The summed E-state index contributed by atoms with van der Waals surface area (Å²) < 4.78 is 14.2. The molecule has 1 heterocycles. The standard InChI is InChI=1S/C6H5NO3.O.V/c8-4-1-2-7-5(3-4)6(9)10;;/h1-3H,(H,7,8)(H,9,10);;/q;;+1/p-1. The van der Waals surface area contributed by atoms with Crippen molar-refractivity contribution in [1.29, 1.82) is 0 Å². The van der Waals surface area contributed by atoms with Crippen LogP contribution in [0.3, 0.4) is 0 Å². The van der Waals surface area contributed by atoms with Gasteiger partial charge in [-0.3, -0.25) is 0 Å². The Hall–Kier alpha value is -1.20. The Morgan fingerprint density at radius 2 is 2.42 bits per heavy atom. The van der Waals surface area contributed by atoms with Crippen molar-refractivity contribution in [2.45, 2.75) is 0 Å². The summed E-state index contributed by atoms with van der Waals surface area (Å²) in [5.74, 6) is -0.875. The van der Waals surface area contributed by atoms with Crippen LogP contribution < -0.4 is 0 Å². The van der Waals surface area contributed by atoms with Gasteiger partial charge in [0.15, 0.2) is 0 Å². The van der Waals surface area contributed by atoms with Crippen molar-refractivity contribution < 1.29 is 33.8 Å². The minimum absolute atomic E-state index is 0.0545. The summed E-state index contributed by atoms with van der Waals surface area (Å²) in [6.07, 6.45) is 1.26. The van der Waals surface area contributed by atoms with Gasteiger partial charge in [0.25, 0.3) is 0 Å². The SMILES string of the molecule is [O]=[V][O]C(=O)c1cc(O)ccn1. The van der Waals surface area contributed by atoms with E-state index in [1.165, 1.54) is 12.3 Å². The van der Waals surface area contributed by atoms with Crippen molar-refractivity contribution >= 4 is 5.97 Å². The quantitative estimate of drug-likeness (QED) is 0.750. The fourth-order valence-electron chi connectivity index (χ4n) is 0.612. The molecule has 0 radical (unpaired) electrons. The van der Waals surface area contributed by atoms with Crippen molar-refractivity contribution in [1.82, 2.24) is 4.98 Å². The molecule has 0 atom stereocenters. The zero-order valence-corrected chi connectivity index (χ0v) is 7.20. The summed E-state index contributed by atoms with van der Waals surface area (Å²) in [7, 11) is 0. The Bertz CT molecular complexity index is 314. The zero-order chi connectivity index (χ0) is 8.97. The van der Waals surface area contributed by atoms with E-state index in [0.29, 0.717) is 0 Å². The number of carbonyl (C=O) groups is 1. The molecule has 0 aromatic carbocycles. The van der Waals surface area contributed by atoms with Gasteiger partial charge in [0, 0.05) is 0 Å². The first kappa shape index (κ1) is 8.90. The maximum absolute atomic E-state index is 10.8. The van der Waals surface area contributed by atoms with Crippen molar-refractivity contribution in [3.63, 3.8) is 0 Å². The number of carbonyl (C=O) groups excluding carboxylic acids is 1. The number of aromatic nitrogens is 1. The monoisotopic (exact) mass is 205 g/mol. The van der Waals surface area contributed by atoms with E-state index in [1.807, 2.05) is 0 Å². The molecular weight excluding hydrogens is 201 g/mol. The van der Waals surface area contributed by atoms with Gasteiger partial charge in [0.05, 0.1) is 0 Å². The van der Waals surface area contributed by atoms with Crippen LogP contribution in [0.15, 0.2) is 18.3 Å². The topological polar surface area (TPSA) is 76.5 Å². The van der Waals surface area contributed by atoms with Crippen LogP contribution in [0.25, 0.3) is 0 Å². The molecule has 0 saturated carbocycles.